The van der Waals surface area contributed by atoms with Gasteiger partial charge in [0.2, 0.25) is 21.8 Å². The van der Waals surface area contributed by atoms with E-state index in [1.807, 2.05) is 26.0 Å². The molecular weight excluding hydrogens is 650 g/mol. The van der Waals surface area contributed by atoms with Crippen molar-refractivity contribution >= 4 is 27.8 Å². The molecule has 13 heteroatoms. The van der Waals surface area contributed by atoms with E-state index >= 15 is 0 Å². The van der Waals surface area contributed by atoms with Gasteiger partial charge in [-0.05, 0) is 70.4 Å². The summed E-state index contributed by atoms with van der Waals surface area (Å²) in [5, 5.41) is 5.92. The molecule has 3 aliphatic heterocycles. The second kappa shape index (κ2) is 17.0. The van der Waals surface area contributed by atoms with Crippen LogP contribution in [0.25, 0.3) is 0 Å². The van der Waals surface area contributed by atoms with Crippen molar-refractivity contribution in [2.24, 2.45) is 5.92 Å². The lowest BCUT2D eigenvalue weighted by Crippen LogP contribution is -2.50. The van der Waals surface area contributed by atoms with Crippen molar-refractivity contribution in [2.45, 2.75) is 120 Å². The molecule has 4 rings (SSSR count). The molecule has 0 aliphatic carbocycles. The highest BCUT2D eigenvalue weighted by Crippen LogP contribution is 2.43. The van der Waals surface area contributed by atoms with E-state index in [4.69, 9.17) is 18.9 Å². The van der Waals surface area contributed by atoms with Crippen LogP contribution in [0.2, 0.25) is 0 Å². The van der Waals surface area contributed by atoms with Crippen molar-refractivity contribution in [1.29, 1.82) is 0 Å². The number of esters is 1. The second-order valence-electron chi connectivity index (χ2n) is 13.4. The average molecular weight is 702 g/mol. The zero-order valence-electron chi connectivity index (χ0n) is 29.3. The molecule has 3 heterocycles. The Morgan fingerprint density at radius 1 is 1.08 bits per heavy atom. The highest BCUT2D eigenvalue weighted by Gasteiger charge is 2.51. The zero-order valence-corrected chi connectivity index (χ0v) is 30.1. The molecule has 3 fully saturated rings. The summed E-state index contributed by atoms with van der Waals surface area (Å²) < 4.78 is 49.6. The van der Waals surface area contributed by atoms with Crippen molar-refractivity contribution < 1.29 is 41.7 Å². The average Bonchev–Trinajstić information content (AvgIpc) is 3.79. The summed E-state index contributed by atoms with van der Waals surface area (Å²) >= 11 is 0. The monoisotopic (exact) mass is 701 g/mol. The molecule has 1 spiro atoms. The summed E-state index contributed by atoms with van der Waals surface area (Å²) in [5.41, 5.74) is 1.63. The van der Waals surface area contributed by atoms with Crippen LogP contribution in [0.1, 0.15) is 72.3 Å². The van der Waals surface area contributed by atoms with E-state index in [9.17, 15) is 22.8 Å². The lowest BCUT2D eigenvalue weighted by molar-refractivity contribution is -0.143. The molecule has 0 bridgehead atoms. The minimum Gasteiger partial charge on any atom is -0.459 e. The van der Waals surface area contributed by atoms with Crippen LogP contribution in [0.4, 0.5) is 0 Å². The number of epoxide rings is 1. The fourth-order valence-electron chi connectivity index (χ4n) is 6.26. The lowest BCUT2D eigenvalue weighted by Gasteiger charge is -2.39. The highest BCUT2D eigenvalue weighted by atomic mass is 32.2. The van der Waals surface area contributed by atoms with Crippen LogP contribution in [0, 0.1) is 5.92 Å². The van der Waals surface area contributed by atoms with Crippen LogP contribution < -0.4 is 15.4 Å². The Hall–Kier alpha value is -3.36. The standard InChI is InChI=1S/C36H51N3O9S/c1-23(8-15-33-24(2)17-32(26(4)47-33)39-34(41)16-9-25(3)46-27(5)40)7-12-29-19-36(22-45-36)20-30(48-29)18-35(42)38-21-28-10-13-31(14-11-28)49(43,44)37-6/h7-14,16,24-26,29-30,32-33,37H,15,17-22H2,1-6H3,(H,38,42)(H,39,41)/b12-7+,16-9-,23-8+/t24-,25-,26+,29+,30+,32+,33-,36?/m0/s1. The van der Waals surface area contributed by atoms with Crippen LogP contribution in [-0.2, 0) is 49.9 Å². The third-order valence-corrected chi connectivity index (χ3v) is 10.6. The largest absolute Gasteiger partial charge is 0.459 e. The minimum absolute atomic E-state index is 0.0160. The van der Waals surface area contributed by atoms with Gasteiger partial charge in [0, 0.05) is 32.4 Å². The molecule has 0 radical (unpaired) electrons. The number of hydrogen-bond donors (Lipinski definition) is 3. The number of hydrogen-bond acceptors (Lipinski definition) is 9. The fraction of sp³-hybridized carbons (Fsp3) is 0.583. The SMILES string of the molecule is CNS(=O)(=O)c1ccc(CNC(=O)C[C@@H]2CC3(CO3)C[C@@H](/C=C/C(C)=C/C[C@@H]3O[C@H](C)[C@H](NC(=O)/C=C\[C@H](C)OC(C)=O)C[C@@H]3C)O2)cc1. The van der Waals surface area contributed by atoms with Gasteiger partial charge < -0.3 is 29.6 Å². The van der Waals surface area contributed by atoms with Gasteiger partial charge in [0.15, 0.2) is 0 Å². The minimum atomic E-state index is -3.51. The predicted octanol–water partition coefficient (Wildman–Crippen LogP) is 3.62. The summed E-state index contributed by atoms with van der Waals surface area (Å²) in [6, 6.07) is 6.27. The van der Waals surface area contributed by atoms with Gasteiger partial charge in [-0.15, -0.1) is 0 Å². The summed E-state index contributed by atoms with van der Waals surface area (Å²) in [4.78, 5) is 36.5. The second-order valence-corrected chi connectivity index (χ2v) is 15.3. The van der Waals surface area contributed by atoms with Gasteiger partial charge in [-0.3, -0.25) is 14.4 Å². The van der Waals surface area contributed by atoms with E-state index in [1.54, 1.807) is 25.1 Å². The van der Waals surface area contributed by atoms with E-state index in [2.05, 4.69) is 28.4 Å². The van der Waals surface area contributed by atoms with E-state index in [0.717, 1.165) is 30.4 Å². The molecule has 49 heavy (non-hydrogen) atoms. The maximum atomic E-state index is 12.8. The molecule has 3 N–H and O–H groups in total. The van der Waals surface area contributed by atoms with E-state index in [1.165, 1.54) is 32.2 Å². The number of carbonyl (C=O) groups is 3. The van der Waals surface area contributed by atoms with Crippen molar-refractivity contribution in [3.63, 3.8) is 0 Å². The van der Waals surface area contributed by atoms with Crippen LogP contribution in [0.5, 0.6) is 0 Å². The predicted molar refractivity (Wildman–Crippen MR) is 184 cm³/mol. The van der Waals surface area contributed by atoms with Crippen LogP contribution in [-0.4, -0.2) is 82.0 Å². The van der Waals surface area contributed by atoms with Crippen LogP contribution >= 0.6 is 0 Å². The first-order valence-corrected chi connectivity index (χ1v) is 18.4. The van der Waals surface area contributed by atoms with E-state index in [0.29, 0.717) is 13.0 Å². The molecule has 8 atom stereocenters. The summed E-state index contributed by atoms with van der Waals surface area (Å²) in [6.45, 7) is 10.1. The Morgan fingerprint density at radius 3 is 2.45 bits per heavy atom. The van der Waals surface area contributed by atoms with Crippen LogP contribution in [0.15, 0.2) is 65.1 Å². The first-order valence-electron chi connectivity index (χ1n) is 16.9. The molecule has 0 aromatic heterocycles. The van der Waals surface area contributed by atoms with Crippen molar-refractivity contribution in [2.75, 3.05) is 13.7 Å². The Labute approximate surface area is 290 Å². The highest BCUT2D eigenvalue weighted by molar-refractivity contribution is 7.89. The Balaban J connectivity index is 1.22. The van der Waals surface area contributed by atoms with Gasteiger partial charge in [0.1, 0.15) is 6.10 Å². The number of ether oxygens (including phenoxy) is 4. The smallest absolute Gasteiger partial charge is 0.303 e. The van der Waals surface area contributed by atoms with Gasteiger partial charge in [0.05, 0.1) is 54.0 Å². The van der Waals surface area contributed by atoms with E-state index < -0.39 is 22.1 Å². The molecule has 0 saturated carbocycles. The zero-order chi connectivity index (χ0) is 35.8. The Morgan fingerprint density at radius 2 is 1.80 bits per heavy atom. The molecule has 270 valence electrons. The third-order valence-electron chi connectivity index (χ3n) is 9.16. The summed E-state index contributed by atoms with van der Waals surface area (Å²) in [7, 11) is -2.15. The van der Waals surface area contributed by atoms with Gasteiger partial charge in [0.25, 0.3) is 0 Å². The molecular formula is C36H51N3O9S. The third kappa shape index (κ3) is 11.9. The van der Waals surface area contributed by atoms with Gasteiger partial charge in [-0.25, -0.2) is 13.1 Å². The van der Waals surface area contributed by atoms with Crippen molar-refractivity contribution in [3.05, 3.63) is 65.8 Å². The lowest BCUT2D eigenvalue weighted by atomic mass is 9.88. The Kier molecular flexibility index (Phi) is 13.4. The first-order chi connectivity index (χ1) is 23.2. The normalized spacial score (nSPS) is 29.6. The van der Waals surface area contributed by atoms with Crippen molar-refractivity contribution in [3.8, 4) is 0 Å². The molecule has 3 aliphatic rings. The van der Waals surface area contributed by atoms with Crippen molar-refractivity contribution in [1.82, 2.24) is 15.4 Å². The summed E-state index contributed by atoms with van der Waals surface area (Å²) in [6.07, 6.45) is 11.2. The fourth-order valence-corrected chi connectivity index (χ4v) is 6.99. The van der Waals surface area contributed by atoms with E-state index in [-0.39, 0.29) is 71.7 Å². The number of sulfonamides is 1. The molecule has 3 saturated heterocycles. The maximum absolute atomic E-state index is 12.8. The summed E-state index contributed by atoms with van der Waals surface area (Å²) in [5.74, 6) is -0.556. The number of amides is 2. The van der Waals surface area contributed by atoms with Crippen LogP contribution in [0.3, 0.4) is 0 Å². The van der Waals surface area contributed by atoms with Gasteiger partial charge in [-0.1, -0.05) is 42.9 Å². The van der Waals surface area contributed by atoms with Gasteiger partial charge >= 0.3 is 5.97 Å². The number of rotatable bonds is 14. The Bertz CT molecular complexity index is 1520. The molecule has 1 unspecified atom stereocenters. The number of allylic oxidation sites excluding steroid dienone is 2. The molecule has 2 amide bonds. The number of nitrogens with one attached hydrogen (secondary N) is 3. The molecule has 1 aromatic rings. The van der Waals surface area contributed by atoms with Gasteiger partial charge in [-0.2, -0.15) is 0 Å². The maximum Gasteiger partial charge on any atom is 0.303 e. The molecule has 12 nitrogen and oxygen atoms in total. The topological polar surface area (TPSA) is 162 Å². The number of benzene rings is 1. The number of carbonyl (C=O) groups excluding carboxylic acids is 3. The molecule has 1 aromatic carbocycles. The first kappa shape index (κ1) is 38.4. The quantitative estimate of drug-likeness (QED) is 0.114.